The Hall–Kier alpha value is -3.26. The van der Waals surface area contributed by atoms with E-state index in [0.717, 1.165) is 11.3 Å². The Morgan fingerprint density at radius 2 is 1.68 bits per heavy atom. The van der Waals surface area contributed by atoms with Gasteiger partial charge in [0.2, 0.25) is 0 Å². The molecule has 0 unspecified atom stereocenters. The van der Waals surface area contributed by atoms with Crippen molar-refractivity contribution in [2.45, 2.75) is 6.61 Å². The number of hydrogen-bond donors (Lipinski definition) is 3. The smallest absolute Gasteiger partial charge is 0.407 e. The minimum Gasteiger partial charge on any atom is -0.465 e. The standard InChI is InChI=1S/C20H24N4O4/c1-28-14-15-4-2-3-5-18(15)22-19(25)21-16-6-8-17(9-7-16)23-10-12-24(13-11-23)20(26)27/h2-9H,10-14H2,1H3,(H,26,27)(H2,21,22,25). The number of piperazine rings is 1. The lowest BCUT2D eigenvalue weighted by Gasteiger charge is -2.34. The summed E-state index contributed by atoms with van der Waals surface area (Å²) in [6, 6.07) is 14.7. The third kappa shape index (κ3) is 4.92. The number of nitrogens with zero attached hydrogens (tertiary/aromatic N) is 2. The lowest BCUT2D eigenvalue weighted by atomic mass is 10.2. The van der Waals surface area contributed by atoms with E-state index in [2.05, 4.69) is 15.5 Å². The van der Waals surface area contributed by atoms with Crippen molar-refractivity contribution in [3.05, 3.63) is 54.1 Å². The van der Waals surface area contributed by atoms with Gasteiger partial charge in [-0.25, -0.2) is 9.59 Å². The molecule has 1 fully saturated rings. The van der Waals surface area contributed by atoms with Crippen molar-refractivity contribution >= 4 is 29.2 Å². The van der Waals surface area contributed by atoms with Crippen molar-refractivity contribution in [2.24, 2.45) is 0 Å². The number of rotatable bonds is 5. The third-order valence-corrected chi connectivity index (χ3v) is 4.61. The molecule has 0 bridgehead atoms. The quantitative estimate of drug-likeness (QED) is 0.736. The molecule has 1 aliphatic rings. The second-order valence-electron chi connectivity index (χ2n) is 6.47. The first kappa shape index (κ1) is 19.5. The van der Waals surface area contributed by atoms with Gasteiger partial charge < -0.3 is 30.3 Å². The minimum atomic E-state index is -0.878. The fourth-order valence-electron chi connectivity index (χ4n) is 3.12. The number of carbonyl (C=O) groups is 2. The first-order chi connectivity index (χ1) is 13.6. The van der Waals surface area contributed by atoms with Crippen molar-refractivity contribution in [1.82, 2.24) is 4.90 Å². The number of amides is 3. The highest BCUT2D eigenvalue weighted by atomic mass is 16.5. The molecule has 0 aromatic heterocycles. The topological polar surface area (TPSA) is 94.1 Å². The predicted octanol–water partition coefficient (Wildman–Crippen LogP) is 3.28. The molecule has 1 heterocycles. The van der Waals surface area contributed by atoms with E-state index >= 15 is 0 Å². The third-order valence-electron chi connectivity index (χ3n) is 4.61. The molecule has 2 aromatic carbocycles. The van der Waals surface area contributed by atoms with Crippen LogP contribution in [0.5, 0.6) is 0 Å². The van der Waals surface area contributed by atoms with Crippen molar-refractivity contribution in [3.8, 4) is 0 Å². The van der Waals surface area contributed by atoms with Crippen LogP contribution in [0.2, 0.25) is 0 Å². The summed E-state index contributed by atoms with van der Waals surface area (Å²) in [6.07, 6.45) is -0.878. The molecule has 0 aliphatic carbocycles. The maximum absolute atomic E-state index is 12.3. The number of methoxy groups -OCH3 is 1. The van der Waals surface area contributed by atoms with Crippen molar-refractivity contribution in [1.29, 1.82) is 0 Å². The number of carbonyl (C=O) groups excluding carboxylic acids is 1. The minimum absolute atomic E-state index is 0.327. The molecule has 28 heavy (non-hydrogen) atoms. The molecule has 0 atom stereocenters. The summed E-state index contributed by atoms with van der Waals surface area (Å²) in [5.41, 5.74) is 3.28. The zero-order chi connectivity index (χ0) is 19.9. The van der Waals surface area contributed by atoms with Crippen LogP contribution >= 0.6 is 0 Å². The molecule has 1 saturated heterocycles. The van der Waals surface area contributed by atoms with Gasteiger partial charge in [-0.2, -0.15) is 0 Å². The number of carboxylic acid groups (broad SMARTS) is 1. The maximum Gasteiger partial charge on any atom is 0.407 e. The highest BCUT2D eigenvalue weighted by Gasteiger charge is 2.20. The molecule has 2 aromatic rings. The number of benzene rings is 2. The van der Waals surface area contributed by atoms with Gasteiger partial charge in [-0.3, -0.25) is 0 Å². The van der Waals surface area contributed by atoms with Crippen LogP contribution in [0.15, 0.2) is 48.5 Å². The highest BCUT2D eigenvalue weighted by molar-refractivity contribution is 6.00. The van der Waals surface area contributed by atoms with E-state index in [4.69, 9.17) is 9.84 Å². The van der Waals surface area contributed by atoms with Gasteiger partial charge in [0.1, 0.15) is 0 Å². The normalized spacial score (nSPS) is 13.9. The van der Waals surface area contributed by atoms with Crippen LogP contribution in [0.3, 0.4) is 0 Å². The summed E-state index contributed by atoms with van der Waals surface area (Å²) >= 11 is 0. The lowest BCUT2D eigenvalue weighted by Crippen LogP contribution is -2.48. The van der Waals surface area contributed by atoms with Gasteiger partial charge >= 0.3 is 12.1 Å². The maximum atomic E-state index is 12.3. The number of ether oxygens (including phenoxy) is 1. The van der Waals surface area contributed by atoms with Gasteiger partial charge in [-0.15, -0.1) is 0 Å². The molecular weight excluding hydrogens is 360 g/mol. The van der Waals surface area contributed by atoms with Gasteiger partial charge in [0.25, 0.3) is 0 Å². The van der Waals surface area contributed by atoms with E-state index in [1.54, 1.807) is 7.11 Å². The van der Waals surface area contributed by atoms with E-state index in [1.165, 1.54) is 4.90 Å². The summed E-state index contributed by atoms with van der Waals surface area (Å²) < 4.78 is 5.15. The lowest BCUT2D eigenvalue weighted by molar-refractivity contribution is 0.142. The van der Waals surface area contributed by atoms with Crippen LogP contribution in [0.1, 0.15) is 5.56 Å². The Morgan fingerprint density at radius 1 is 1.00 bits per heavy atom. The number of para-hydroxylation sites is 1. The van der Waals surface area contributed by atoms with E-state index in [-0.39, 0.29) is 6.03 Å². The van der Waals surface area contributed by atoms with Crippen molar-refractivity contribution < 1.29 is 19.4 Å². The molecule has 148 valence electrons. The molecule has 8 nitrogen and oxygen atoms in total. The van der Waals surface area contributed by atoms with E-state index in [1.807, 2.05) is 48.5 Å². The summed E-state index contributed by atoms with van der Waals surface area (Å²) in [4.78, 5) is 26.8. The Balaban J connectivity index is 1.56. The molecule has 3 amide bonds. The first-order valence-corrected chi connectivity index (χ1v) is 9.04. The van der Waals surface area contributed by atoms with Crippen LogP contribution in [0.25, 0.3) is 0 Å². The molecule has 0 radical (unpaired) electrons. The highest BCUT2D eigenvalue weighted by Crippen LogP contribution is 2.20. The molecule has 8 heteroatoms. The molecule has 0 saturated carbocycles. The van der Waals surface area contributed by atoms with Gasteiger partial charge in [0, 0.05) is 55.9 Å². The summed E-state index contributed by atoms with van der Waals surface area (Å²) in [5.74, 6) is 0. The van der Waals surface area contributed by atoms with Crippen LogP contribution < -0.4 is 15.5 Å². The molecule has 3 N–H and O–H groups in total. The van der Waals surface area contributed by atoms with Gasteiger partial charge in [0.05, 0.1) is 6.61 Å². The summed E-state index contributed by atoms with van der Waals surface area (Å²) in [7, 11) is 1.61. The average Bonchev–Trinajstić information content (AvgIpc) is 2.70. The number of anilines is 3. The van der Waals surface area contributed by atoms with Crippen LogP contribution in [0.4, 0.5) is 26.7 Å². The van der Waals surface area contributed by atoms with E-state index < -0.39 is 6.09 Å². The fourth-order valence-corrected chi connectivity index (χ4v) is 3.12. The number of nitrogens with one attached hydrogen (secondary N) is 2. The summed E-state index contributed by atoms with van der Waals surface area (Å²) in [6.45, 7) is 2.68. The second kappa shape index (κ2) is 9.09. The zero-order valence-corrected chi connectivity index (χ0v) is 15.7. The van der Waals surface area contributed by atoms with Crippen molar-refractivity contribution in [3.63, 3.8) is 0 Å². The molecule has 0 spiro atoms. The average molecular weight is 384 g/mol. The summed E-state index contributed by atoms with van der Waals surface area (Å²) in [5, 5.41) is 14.7. The Morgan fingerprint density at radius 3 is 2.32 bits per heavy atom. The fraction of sp³-hybridized carbons (Fsp3) is 0.300. The van der Waals surface area contributed by atoms with Crippen LogP contribution in [-0.2, 0) is 11.3 Å². The molecule has 3 rings (SSSR count). The second-order valence-corrected chi connectivity index (χ2v) is 6.47. The zero-order valence-electron chi connectivity index (χ0n) is 15.7. The first-order valence-electron chi connectivity index (χ1n) is 9.04. The van der Waals surface area contributed by atoms with Crippen molar-refractivity contribution in [2.75, 3.05) is 48.8 Å². The Labute approximate surface area is 163 Å². The van der Waals surface area contributed by atoms with E-state index in [0.29, 0.717) is 44.2 Å². The predicted molar refractivity (Wildman–Crippen MR) is 108 cm³/mol. The number of hydrogen-bond acceptors (Lipinski definition) is 4. The molecular formula is C20H24N4O4. The Kier molecular flexibility index (Phi) is 6.33. The van der Waals surface area contributed by atoms with E-state index in [9.17, 15) is 9.59 Å². The molecule has 1 aliphatic heterocycles. The van der Waals surface area contributed by atoms with Gasteiger partial charge in [-0.05, 0) is 30.3 Å². The van der Waals surface area contributed by atoms with Crippen LogP contribution in [-0.4, -0.2) is 55.4 Å². The van der Waals surface area contributed by atoms with Gasteiger partial charge in [-0.1, -0.05) is 18.2 Å². The van der Waals surface area contributed by atoms with Gasteiger partial charge in [0.15, 0.2) is 0 Å². The van der Waals surface area contributed by atoms with Crippen LogP contribution in [0, 0.1) is 0 Å². The Bertz CT molecular complexity index is 817. The SMILES string of the molecule is COCc1ccccc1NC(=O)Nc1ccc(N2CCN(C(=O)O)CC2)cc1. The largest absolute Gasteiger partial charge is 0.465 e. The monoisotopic (exact) mass is 384 g/mol. The number of urea groups is 1.